The average molecular weight is 388 g/mol. The average Bonchev–Trinajstić information content (AvgIpc) is 2.96. The summed E-state index contributed by atoms with van der Waals surface area (Å²) in [6.45, 7) is 6.19. The molecule has 0 N–H and O–H groups in total. The Kier molecular flexibility index (Phi) is 4.80. The van der Waals surface area contributed by atoms with Gasteiger partial charge in [-0.1, -0.05) is 32.9 Å². The van der Waals surface area contributed by atoms with E-state index in [-0.39, 0.29) is 16.7 Å². The van der Waals surface area contributed by atoms with Crippen LogP contribution in [0, 0.1) is 0 Å². The number of methoxy groups -OCH3 is 2. The van der Waals surface area contributed by atoms with Crippen LogP contribution in [-0.4, -0.2) is 33.7 Å². The number of benzene rings is 2. The van der Waals surface area contributed by atoms with E-state index in [4.69, 9.17) is 9.47 Å². The number of carbonyl (C=O) groups is 1. The molecule has 2 aromatic rings. The predicted molar refractivity (Wildman–Crippen MR) is 104 cm³/mol. The van der Waals surface area contributed by atoms with E-state index in [2.05, 4.69) is 20.8 Å². The quantitative estimate of drug-likeness (QED) is 0.801. The summed E-state index contributed by atoms with van der Waals surface area (Å²) < 4.78 is 36.7. The van der Waals surface area contributed by atoms with Gasteiger partial charge >= 0.3 is 0 Å². The van der Waals surface area contributed by atoms with Crippen LogP contribution < -0.4 is 9.47 Å². The van der Waals surface area contributed by atoms with Crippen molar-refractivity contribution in [3.8, 4) is 11.5 Å². The second-order valence-electron chi connectivity index (χ2n) is 7.74. The molecule has 6 heteroatoms. The van der Waals surface area contributed by atoms with Crippen LogP contribution in [0.1, 0.15) is 42.3 Å². The van der Waals surface area contributed by atoms with Crippen molar-refractivity contribution in [2.24, 2.45) is 0 Å². The molecule has 1 aliphatic rings. The van der Waals surface area contributed by atoms with Crippen molar-refractivity contribution in [2.75, 3.05) is 14.2 Å². The summed E-state index contributed by atoms with van der Waals surface area (Å²) in [5.41, 5.74) is 2.01. The Hall–Kier alpha value is -2.34. The SMILES string of the molecule is COc1cc2c(cc1OC)C(=O)C(S(=O)(=O)c1ccc(C(C)(C)C)cc1)C2. The number of hydrogen-bond acceptors (Lipinski definition) is 5. The molecule has 0 fully saturated rings. The largest absolute Gasteiger partial charge is 0.493 e. The fourth-order valence-electron chi connectivity index (χ4n) is 3.34. The maximum absolute atomic E-state index is 13.1. The first kappa shape index (κ1) is 19.4. The molecule has 0 saturated heterocycles. The van der Waals surface area contributed by atoms with Crippen molar-refractivity contribution >= 4 is 15.6 Å². The lowest BCUT2D eigenvalue weighted by atomic mass is 9.87. The number of ketones is 1. The summed E-state index contributed by atoms with van der Waals surface area (Å²) in [4.78, 5) is 13.0. The number of fused-ring (bicyclic) bond motifs is 1. The lowest BCUT2D eigenvalue weighted by Gasteiger charge is -2.19. The maximum atomic E-state index is 13.1. The van der Waals surface area contributed by atoms with Crippen molar-refractivity contribution in [1.82, 2.24) is 0 Å². The second-order valence-corrected chi connectivity index (χ2v) is 9.87. The van der Waals surface area contributed by atoms with Crippen LogP contribution in [0.3, 0.4) is 0 Å². The number of carbonyl (C=O) groups excluding carboxylic acids is 1. The van der Waals surface area contributed by atoms with Gasteiger partial charge in [0.05, 0.1) is 19.1 Å². The Morgan fingerprint density at radius 3 is 2.04 bits per heavy atom. The third-order valence-corrected chi connectivity index (χ3v) is 7.06. The van der Waals surface area contributed by atoms with Crippen LogP contribution in [0.5, 0.6) is 11.5 Å². The molecule has 0 aliphatic heterocycles. The van der Waals surface area contributed by atoms with E-state index >= 15 is 0 Å². The Balaban J connectivity index is 1.98. The van der Waals surface area contributed by atoms with Gasteiger partial charge in [-0.3, -0.25) is 4.79 Å². The third kappa shape index (κ3) is 3.34. The normalized spacial score (nSPS) is 16.9. The molecular formula is C21H24O5S. The van der Waals surface area contributed by atoms with Gasteiger partial charge in [-0.2, -0.15) is 0 Å². The number of hydrogen-bond donors (Lipinski definition) is 0. The summed E-state index contributed by atoms with van der Waals surface area (Å²) in [6.07, 6.45) is 0.137. The number of sulfone groups is 1. The summed E-state index contributed by atoms with van der Waals surface area (Å²) in [5, 5.41) is -1.12. The van der Waals surface area contributed by atoms with Crippen molar-refractivity contribution in [3.05, 3.63) is 53.1 Å². The zero-order valence-corrected chi connectivity index (χ0v) is 17.0. The number of ether oxygens (including phenoxy) is 2. The molecule has 0 radical (unpaired) electrons. The lowest BCUT2D eigenvalue weighted by Crippen LogP contribution is -2.27. The summed E-state index contributed by atoms with van der Waals surface area (Å²) >= 11 is 0. The molecule has 0 amide bonds. The molecule has 0 heterocycles. The highest BCUT2D eigenvalue weighted by molar-refractivity contribution is 7.92. The fraction of sp³-hybridized carbons (Fsp3) is 0.381. The van der Waals surface area contributed by atoms with Crippen LogP contribution in [-0.2, 0) is 21.7 Å². The van der Waals surface area contributed by atoms with Crippen molar-refractivity contribution in [2.45, 2.75) is 42.8 Å². The molecule has 1 unspecified atom stereocenters. The fourth-order valence-corrected chi connectivity index (χ4v) is 5.00. The zero-order chi connectivity index (χ0) is 20.0. The van der Waals surface area contributed by atoms with Gasteiger partial charge in [0.25, 0.3) is 0 Å². The summed E-state index contributed by atoms with van der Waals surface area (Å²) in [7, 11) is -0.801. The molecule has 2 aromatic carbocycles. The Morgan fingerprint density at radius 2 is 1.52 bits per heavy atom. The van der Waals surface area contributed by atoms with E-state index in [1.54, 1.807) is 24.3 Å². The highest BCUT2D eigenvalue weighted by Gasteiger charge is 2.41. The second kappa shape index (κ2) is 6.68. The third-order valence-electron chi connectivity index (χ3n) is 5.00. The van der Waals surface area contributed by atoms with E-state index in [0.29, 0.717) is 22.6 Å². The van der Waals surface area contributed by atoms with E-state index < -0.39 is 20.9 Å². The Bertz CT molecular complexity index is 982. The van der Waals surface area contributed by atoms with Crippen LogP contribution in [0.25, 0.3) is 0 Å². The summed E-state index contributed by atoms with van der Waals surface area (Å²) in [5.74, 6) is 0.500. The first-order chi connectivity index (χ1) is 12.6. The highest BCUT2D eigenvalue weighted by Crippen LogP contribution is 2.38. The van der Waals surface area contributed by atoms with Gasteiger partial charge in [-0.15, -0.1) is 0 Å². The predicted octanol–water partition coefficient (Wildman–Crippen LogP) is 3.58. The molecule has 27 heavy (non-hydrogen) atoms. The first-order valence-corrected chi connectivity index (χ1v) is 10.3. The van der Waals surface area contributed by atoms with Gasteiger partial charge < -0.3 is 9.47 Å². The van der Waals surface area contributed by atoms with Gasteiger partial charge in [0.1, 0.15) is 5.25 Å². The minimum atomic E-state index is -3.79. The Morgan fingerprint density at radius 1 is 0.963 bits per heavy atom. The van der Waals surface area contributed by atoms with Crippen molar-refractivity contribution in [3.63, 3.8) is 0 Å². The molecule has 0 saturated carbocycles. The topological polar surface area (TPSA) is 69.7 Å². The van der Waals surface area contributed by atoms with Crippen LogP contribution in [0.2, 0.25) is 0 Å². The monoisotopic (exact) mass is 388 g/mol. The Labute approximate surface area is 160 Å². The minimum Gasteiger partial charge on any atom is -0.493 e. The van der Waals surface area contributed by atoms with Crippen LogP contribution in [0.15, 0.2) is 41.3 Å². The van der Waals surface area contributed by atoms with Crippen LogP contribution in [0.4, 0.5) is 0 Å². The zero-order valence-electron chi connectivity index (χ0n) is 16.2. The highest BCUT2D eigenvalue weighted by atomic mass is 32.2. The lowest BCUT2D eigenvalue weighted by molar-refractivity contribution is 0.0997. The van der Waals surface area contributed by atoms with E-state index in [0.717, 1.165) is 5.56 Å². The molecule has 1 aliphatic carbocycles. The first-order valence-electron chi connectivity index (χ1n) is 8.73. The van der Waals surface area contributed by atoms with Gasteiger partial charge in [0, 0.05) is 5.56 Å². The van der Waals surface area contributed by atoms with Crippen LogP contribution >= 0.6 is 0 Å². The minimum absolute atomic E-state index is 0.0746. The van der Waals surface area contributed by atoms with Gasteiger partial charge in [0.2, 0.25) is 0 Å². The van der Waals surface area contributed by atoms with Gasteiger partial charge in [-0.25, -0.2) is 8.42 Å². The van der Waals surface area contributed by atoms with E-state index in [1.807, 2.05) is 12.1 Å². The maximum Gasteiger partial charge on any atom is 0.189 e. The standard InChI is InChI=1S/C21H24O5S/c1-21(2,3)14-6-8-15(9-7-14)27(23,24)19-11-13-10-17(25-4)18(26-5)12-16(13)20(19)22/h6-10,12,19H,11H2,1-5H3. The van der Waals surface area contributed by atoms with E-state index in [9.17, 15) is 13.2 Å². The molecule has 5 nitrogen and oxygen atoms in total. The van der Waals surface area contributed by atoms with Crippen molar-refractivity contribution < 1.29 is 22.7 Å². The summed E-state index contributed by atoms with van der Waals surface area (Å²) in [6, 6.07) is 10.1. The smallest absolute Gasteiger partial charge is 0.189 e. The molecule has 3 rings (SSSR count). The van der Waals surface area contributed by atoms with Crippen molar-refractivity contribution in [1.29, 1.82) is 0 Å². The van der Waals surface area contributed by atoms with Gasteiger partial charge in [0.15, 0.2) is 27.1 Å². The molecule has 0 bridgehead atoms. The van der Waals surface area contributed by atoms with Gasteiger partial charge in [-0.05, 0) is 47.2 Å². The molecule has 0 aromatic heterocycles. The number of rotatable bonds is 4. The molecule has 0 spiro atoms. The molecule has 1 atom stereocenters. The van der Waals surface area contributed by atoms with E-state index in [1.165, 1.54) is 14.2 Å². The number of Topliss-reactive ketones (excluding diaryl/α,β-unsaturated/α-hetero) is 1. The molecule has 144 valence electrons. The molecular weight excluding hydrogens is 364 g/mol.